The van der Waals surface area contributed by atoms with Crippen LogP contribution in [0.3, 0.4) is 0 Å². The summed E-state index contributed by atoms with van der Waals surface area (Å²) in [5, 5.41) is 1.56. The topological polar surface area (TPSA) is 0 Å². The van der Waals surface area contributed by atoms with Gasteiger partial charge in [0, 0.05) is 0 Å². The molecule has 0 spiro atoms. The first-order valence-electron chi connectivity index (χ1n) is 10.3. The van der Waals surface area contributed by atoms with Gasteiger partial charge in [0.05, 0.1) is 9.52 Å². The smallest absolute Gasteiger partial charge is 1.00 e. The largest absolute Gasteiger partial charge is 4.00 e. The Balaban J connectivity index is 0.00000120. The third-order valence-electron chi connectivity index (χ3n) is 6.29. The fourth-order valence-electron chi connectivity index (χ4n) is 4.92. The van der Waals surface area contributed by atoms with Gasteiger partial charge in [-0.15, -0.1) is 11.1 Å². The summed E-state index contributed by atoms with van der Waals surface area (Å²) in [6, 6.07) is 28.2. The normalized spacial score (nSPS) is 16.5. The van der Waals surface area contributed by atoms with Crippen molar-refractivity contribution in [2.24, 2.45) is 5.92 Å². The second-order valence-electron chi connectivity index (χ2n) is 8.03. The van der Waals surface area contributed by atoms with Gasteiger partial charge in [-0.05, 0) is 29.0 Å². The number of fused-ring (bicyclic) bond motifs is 3. The van der Waals surface area contributed by atoms with Crippen molar-refractivity contribution in [1.29, 1.82) is 0 Å². The minimum Gasteiger partial charge on any atom is -1.00 e. The average Bonchev–Trinajstić information content (AvgIpc) is 3.04. The molecule has 0 saturated heterocycles. The Morgan fingerprint density at radius 3 is 2.26 bits per heavy atom. The molecule has 1 saturated carbocycles. The SMILES string of the molecule is [Cl-].[Cl-].[Cl-].[Ti+4].[c-]1cccc2c1C([Si]c1ccccc1CC1CCCCC1)c1ccccc1-2. The summed E-state index contributed by atoms with van der Waals surface area (Å²) in [5.74, 6) is 0.888. The number of rotatable bonds is 4. The molecular formula is C26H25Cl3SiTi. The van der Waals surface area contributed by atoms with E-state index in [-0.39, 0.29) is 58.9 Å². The molecule has 0 nitrogen and oxygen atoms in total. The maximum atomic E-state index is 3.57. The quantitative estimate of drug-likeness (QED) is 0.251. The first kappa shape index (κ1) is 28.5. The molecule has 5 rings (SSSR count). The molecule has 0 amide bonds. The van der Waals surface area contributed by atoms with Gasteiger partial charge in [0.2, 0.25) is 0 Å². The number of halogens is 3. The average molecular weight is 520 g/mol. The van der Waals surface area contributed by atoms with Crippen LogP contribution in [0.5, 0.6) is 0 Å². The summed E-state index contributed by atoms with van der Waals surface area (Å²) in [7, 11) is 0.781. The van der Waals surface area contributed by atoms with Crippen LogP contribution in [0.2, 0.25) is 0 Å². The van der Waals surface area contributed by atoms with Crippen LogP contribution in [-0.2, 0) is 28.1 Å². The van der Waals surface area contributed by atoms with Crippen molar-refractivity contribution in [1.82, 2.24) is 0 Å². The molecule has 5 heteroatoms. The van der Waals surface area contributed by atoms with Crippen molar-refractivity contribution in [3.63, 3.8) is 0 Å². The van der Waals surface area contributed by atoms with Crippen LogP contribution < -0.4 is 42.4 Å². The maximum Gasteiger partial charge on any atom is 4.00 e. The Morgan fingerprint density at radius 2 is 1.45 bits per heavy atom. The first-order chi connectivity index (χ1) is 13.4. The van der Waals surface area contributed by atoms with Crippen LogP contribution in [0.25, 0.3) is 11.1 Å². The second kappa shape index (κ2) is 13.2. The van der Waals surface area contributed by atoms with Crippen molar-refractivity contribution >= 4 is 14.7 Å². The Bertz CT molecular complexity index is 911. The van der Waals surface area contributed by atoms with Gasteiger partial charge >= 0.3 is 21.7 Å². The minimum atomic E-state index is 0. The van der Waals surface area contributed by atoms with E-state index in [0.29, 0.717) is 5.54 Å². The van der Waals surface area contributed by atoms with Crippen molar-refractivity contribution < 1.29 is 58.9 Å². The number of hydrogen-bond donors (Lipinski definition) is 0. The van der Waals surface area contributed by atoms with Crippen LogP contribution in [0.4, 0.5) is 0 Å². The zero-order chi connectivity index (χ0) is 18.1. The molecule has 3 aromatic carbocycles. The summed E-state index contributed by atoms with van der Waals surface area (Å²) in [4.78, 5) is 0. The predicted octanol–water partition coefficient (Wildman–Crippen LogP) is -3.28. The molecular weight excluding hydrogens is 495 g/mol. The second-order valence-corrected chi connectivity index (χ2v) is 9.43. The standard InChI is InChI=1S/C26H25Si.3ClH.Ti/c1-2-10-19(11-3-1)18-20-12-4-9-17-25(20)27-26-23-15-7-5-13-21(23)22-14-6-8-16-24(22)26;;;;/h4-9,12-15,17,19,26H,1-3,10-11,18H2;3*1H;/q-1;;;;+4/p-3. The molecule has 31 heavy (non-hydrogen) atoms. The van der Waals surface area contributed by atoms with Crippen molar-refractivity contribution in [2.75, 3.05) is 0 Å². The molecule has 2 radical (unpaired) electrons. The van der Waals surface area contributed by atoms with E-state index < -0.39 is 0 Å². The van der Waals surface area contributed by atoms with Crippen molar-refractivity contribution in [3.8, 4) is 11.1 Å². The van der Waals surface area contributed by atoms with E-state index in [1.54, 1.807) is 10.8 Å². The van der Waals surface area contributed by atoms with E-state index in [9.17, 15) is 0 Å². The third-order valence-corrected chi connectivity index (χ3v) is 7.98. The summed E-state index contributed by atoms with van der Waals surface area (Å²) in [6.45, 7) is 0. The van der Waals surface area contributed by atoms with E-state index in [0.717, 1.165) is 15.4 Å². The Labute approximate surface area is 222 Å². The van der Waals surface area contributed by atoms with Gasteiger partial charge in [0.15, 0.2) is 0 Å². The van der Waals surface area contributed by atoms with Gasteiger partial charge in [-0.2, -0.15) is 24.3 Å². The van der Waals surface area contributed by atoms with E-state index in [1.807, 2.05) is 0 Å². The van der Waals surface area contributed by atoms with E-state index in [4.69, 9.17) is 0 Å². The van der Waals surface area contributed by atoms with Crippen molar-refractivity contribution in [3.05, 3.63) is 89.5 Å². The van der Waals surface area contributed by atoms with Gasteiger partial charge in [-0.3, -0.25) is 0 Å². The minimum absolute atomic E-state index is 0. The third kappa shape index (κ3) is 6.08. The maximum absolute atomic E-state index is 3.57. The van der Waals surface area contributed by atoms with Crippen LogP contribution in [0, 0.1) is 12.0 Å². The first-order valence-corrected chi connectivity index (χ1v) is 11.4. The van der Waals surface area contributed by atoms with Gasteiger partial charge in [0.25, 0.3) is 0 Å². The molecule has 3 aromatic rings. The molecule has 0 N–H and O–H groups in total. The summed E-state index contributed by atoms with van der Waals surface area (Å²) >= 11 is 0. The molecule has 1 fully saturated rings. The van der Waals surface area contributed by atoms with Gasteiger partial charge in [-0.1, -0.05) is 91.4 Å². The fourth-order valence-corrected chi connectivity index (χ4v) is 6.58. The van der Waals surface area contributed by atoms with Gasteiger partial charge < -0.3 is 37.2 Å². The predicted molar refractivity (Wildman–Crippen MR) is 115 cm³/mol. The van der Waals surface area contributed by atoms with Crippen LogP contribution in [-0.4, -0.2) is 9.52 Å². The summed E-state index contributed by atoms with van der Waals surface area (Å²) in [5.41, 5.74) is 7.72. The molecule has 2 aliphatic carbocycles. The molecule has 2 aliphatic rings. The van der Waals surface area contributed by atoms with Crippen LogP contribution >= 0.6 is 0 Å². The monoisotopic (exact) mass is 518 g/mol. The van der Waals surface area contributed by atoms with Gasteiger partial charge in [-0.25, -0.2) is 0 Å². The molecule has 0 aromatic heterocycles. The molecule has 1 atom stereocenters. The zero-order valence-electron chi connectivity index (χ0n) is 17.4. The van der Waals surface area contributed by atoms with Crippen LogP contribution in [0.1, 0.15) is 54.3 Å². The van der Waals surface area contributed by atoms with Crippen LogP contribution in [0.15, 0.2) is 66.7 Å². The molecule has 0 aliphatic heterocycles. The summed E-state index contributed by atoms with van der Waals surface area (Å²) in [6.07, 6.45) is 8.38. The molecule has 0 bridgehead atoms. The molecule has 1 unspecified atom stereocenters. The van der Waals surface area contributed by atoms with Gasteiger partial charge in [0.1, 0.15) is 0 Å². The number of hydrogen-bond acceptors (Lipinski definition) is 0. The Morgan fingerprint density at radius 1 is 0.774 bits per heavy atom. The van der Waals surface area contributed by atoms with E-state index >= 15 is 0 Å². The van der Waals surface area contributed by atoms with Crippen molar-refractivity contribution in [2.45, 2.75) is 44.1 Å². The zero-order valence-corrected chi connectivity index (χ0v) is 22.2. The Hall–Kier alpha value is -0.539. The van der Waals surface area contributed by atoms with E-state index in [1.165, 1.54) is 60.8 Å². The summed E-state index contributed by atoms with van der Waals surface area (Å²) < 4.78 is 0. The fraction of sp³-hybridized carbons (Fsp3) is 0.308. The van der Waals surface area contributed by atoms with E-state index in [2.05, 4.69) is 72.8 Å². The molecule has 0 heterocycles. The molecule has 158 valence electrons. The Kier molecular flexibility index (Phi) is 12.2. The number of benzene rings is 3.